The normalized spacial score (nSPS) is 22.1. The van der Waals surface area contributed by atoms with Crippen LogP contribution in [0.25, 0.3) is 10.9 Å². The lowest BCUT2D eigenvalue weighted by molar-refractivity contribution is -0.313. The molecule has 2 aromatic carbocycles. The van der Waals surface area contributed by atoms with Crippen molar-refractivity contribution in [2.75, 3.05) is 6.54 Å². The number of carbonyl (C=O) groups is 3. The molecule has 0 spiro atoms. The van der Waals surface area contributed by atoms with Crippen molar-refractivity contribution in [3.63, 3.8) is 0 Å². The lowest BCUT2D eigenvalue weighted by Crippen LogP contribution is -2.59. The Labute approximate surface area is 187 Å². The zero-order chi connectivity index (χ0) is 22.8. The third-order valence-electron chi connectivity index (χ3n) is 6.78. The van der Waals surface area contributed by atoms with Crippen LogP contribution in [0.15, 0.2) is 60.8 Å². The fourth-order valence-electron chi connectivity index (χ4n) is 4.98. The molecule has 4 unspecified atom stereocenters. The Morgan fingerprint density at radius 2 is 1.81 bits per heavy atom. The molecule has 0 saturated carbocycles. The minimum Gasteiger partial charge on any atom is -0.550 e. The molecule has 0 radical (unpaired) electrons. The monoisotopic (exact) mass is 431 g/mol. The highest BCUT2D eigenvalue weighted by Gasteiger charge is 2.46. The van der Waals surface area contributed by atoms with Crippen molar-refractivity contribution in [3.05, 3.63) is 71.9 Å². The van der Waals surface area contributed by atoms with Gasteiger partial charge in [0.2, 0.25) is 0 Å². The van der Waals surface area contributed by atoms with Crippen molar-refractivity contribution >= 4 is 28.6 Å². The van der Waals surface area contributed by atoms with E-state index in [9.17, 15) is 19.5 Å². The quantitative estimate of drug-likeness (QED) is 0.649. The SMILES string of the molecule is CCC1CN(C(=O)c2ccccc2)C(Cc2c[nH]c3ccccc23)C(=O)C1C(C)C(=O)[O-]. The second-order valence-corrected chi connectivity index (χ2v) is 8.61. The predicted molar refractivity (Wildman–Crippen MR) is 120 cm³/mol. The number of nitrogens with one attached hydrogen (secondary N) is 1. The number of carboxylic acids is 1. The lowest BCUT2D eigenvalue weighted by atomic mass is 9.71. The number of benzene rings is 2. The Morgan fingerprint density at radius 1 is 1.12 bits per heavy atom. The van der Waals surface area contributed by atoms with Gasteiger partial charge in [-0.1, -0.05) is 56.7 Å². The second kappa shape index (κ2) is 8.99. The van der Waals surface area contributed by atoms with Gasteiger partial charge in [0, 0.05) is 53.4 Å². The number of aromatic nitrogens is 1. The average Bonchev–Trinajstić information content (AvgIpc) is 3.22. The number of para-hydroxylation sites is 1. The van der Waals surface area contributed by atoms with Crippen LogP contribution < -0.4 is 5.11 Å². The molecule has 32 heavy (non-hydrogen) atoms. The Bertz CT molecular complexity index is 1140. The number of likely N-dealkylation sites (tertiary alicyclic amines) is 1. The summed E-state index contributed by atoms with van der Waals surface area (Å²) in [6.45, 7) is 3.81. The molecule has 0 aliphatic carbocycles. The van der Waals surface area contributed by atoms with Gasteiger partial charge in [0.15, 0.2) is 5.78 Å². The summed E-state index contributed by atoms with van der Waals surface area (Å²) >= 11 is 0. The summed E-state index contributed by atoms with van der Waals surface area (Å²) in [5.74, 6) is -3.46. The van der Waals surface area contributed by atoms with E-state index in [0.29, 0.717) is 24.9 Å². The molecule has 1 aliphatic rings. The molecule has 1 aliphatic heterocycles. The first-order chi connectivity index (χ1) is 15.4. The van der Waals surface area contributed by atoms with Crippen LogP contribution in [0.3, 0.4) is 0 Å². The topological polar surface area (TPSA) is 93.3 Å². The Balaban J connectivity index is 1.75. The first kappa shape index (κ1) is 21.8. The number of aromatic amines is 1. The zero-order valence-electron chi connectivity index (χ0n) is 18.3. The van der Waals surface area contributed by atoms with Crippen LogP contribution in [0.4, 0.5) is 0 Å². The van der Waals surface area contributed by atoms with Gasteiger partial charge in [-0.25, -0.2) is 0 Å². The summed E-state index contributed by atoms with van der Waals surface area (Å²) in [6.07, 6.45) is 2.80. The molecule has 1 amide bonds. The minimum atomic E-state index is -1.23. The van der Waals surface area contributed by atoms with Gasteiger partial charge in [-0.15, -0.1) is 0 Å². The van der Waals surface area contributed by atoms with Crippen molar-refractivity contribution in [1.29, 1.82) is 0 Å². The van der Waals surface area contributed by atoms with E-state index in [1.165, 1.54) is 6.92 Å². The number of ketones is 1. The van der Waals surface area contributed by atoms with E-state index in [1.54, 1.807) is 29.2 Å². The van der Waals surface area contributed by atoms with Crippen molar-refractivity contribution < 1.29 is 19.5 Å². The Hall–Kier alpha value is -3.41. The predicted octanol–water partition coefficient (Wildman–Crippen LogP) is 2.83. The molecule has 3 aromatic rings. The molecule has 1 aromatic heterocycles. The number of amides is 1. The standard InChI is InChI=1S/C26H28N2O4/c1-3-17-15-28(25(30)18-9-5-4-6-10-18)22(24(29)23(17)16(2)26(31)32)13-19-14-27-21-12-8-7-11-20(19)21/h4-12,14,16-17,22-23,27H,3,13,15H2,1-2H3,(H,31,32)/p-1. The van der Waals surface area contributed by atoms with Gasteiger partial charge in [0.25, 0.3) is 5.91 Å². The number of nitrogens with zero attached hydrogens (tertiary/aromatic N) is 1. The summed E-state index contributed by atoms with van der Waals surface area (Å²) in [7, 11) is 0. The van der Waals surface area contributed by atoms with E-state index >= 15 is 0 Å². The van der Waals surface area contributed by atoms with Gasteiger partial charge < -0.3 is 19.8 Å². The van der Waals surface area contributed by atoms with E-state index in [0.717, 1.165) is 16.5 Å². The lowest BCUT2D eigenvalue weighted by Gasteiger charge is -2.45. The highest BCUT2D eigenvalue weighted by Crippen LogP contribution is 2.35. The molecular weight excluding hydrogens is 404 g/mol. The molecule has 6 heteroatoms. The van der Waals surface area contributed by atoms with E-state index in [2.05, 4.69) is 4.98 Å². The summed E-state index contributed by atoms with van der Waals surface area (Å²) in [6, 6.07) is 16.0. The molecule has 1 saturated heterocycles. The third-order valence-corrected chi connectivity index (χ3v) is 6.78. The molecule has 1 fully saturated rings. The maximum absolute atomic E-state index is 13.8. The summed E-state index contributed by atoms with van der Waals surface area (Å²) < 4.78 is 0. The number of hydrogen-bond acceptors (Lipinski definition) is 4. The van der Waals surface area contributed by atoms with E-state index in [4.69, 9.17) is 0 Å². The zero-order valence-corrected chi connectivity index (χ0v) is 18.3. The van der Waals surface area contributed by atoms with Gasteiger partial charge >= 0.3 is 0 Å². The van der Waals surface area contributed by atoms with Crippen LogP contribution in [0.2, 0.25) is 0 Å². The van der Waals surface area contributed by atoms with Crippen molar-refractivity contribution in [3.8, 4) is 0 Å². The largest absolute Gasteiger partial charge is 0.550 e. The fourth-order valence-corrected chi connectivity index (χ4v) is 4.98. The number of carbonyl (C=O) groups excluding carboxylic acids is 3. The van der Waals surface area contributed by atoms with Crippen LogP contribution in [0.5, 0.6) is 0 Å². The molecule has 4 rings (SSSR count). The van der Waals surface area contributed by atoms with Gasteiger partial charge in [-0.2, -0.15) is 0 Å². The van der Waals surface area contributed by atoms with E-state index < -0.39 is 23.8 Å². The number of rotatable bonds is 6. The smallest absolute Gasteiger partial charge is 0.254 e. The van der Waals surface area contributed by atoms with E-state index in [-0.39, 0.29) is 17.6 Å². The summed E-state index contributed by atoms with van der Waals surface area (Å²) in [5, 5.41) is 12.7. The van der Waals surface area contributed by atoms with E-state index in [1.807, 2.05) is 43.5 Å². The summed E-state index contributed by atoms with van der Waals surface area (Å²) in [5.41, 5.74) is 2.41. The Morgan fingerprint density at radius 3 is 2.50 bits per heavy atom. The maximum atomic E-state index is 13.8. The second-order valence-electron chi connectivity index (χ2n) is 8.61. The molecular formula is C26H27N2O4-. The number of piperidine rings is 1. The third kappa shape index (κ3) is 3.93. The van der Waals surface area contributed by atoms with Crippen LogP contribution in [-0.2, 0) is 16.0 Å². The molecule has 4 atom stereocenters. The number of H-pyrrole nitrogens is 1. The van der Waals surface area contributed by atoms with Gasteiger partial charge in [0.1, 0.15) is 0 Å². The first-order valence-corrected chi connectivity index (χ1v) is 11.1. The number of Topliss-reactive ketones (excluding diaryl/α,β-unsaturated/α-hetero) is 1. The Kier molecular flexibility index (Phi) is 6.12. The van der Waals surface area contributed by atoms with Crippen molar-refractivity contribution in [2.45, 2.75) is 32.7 Å². The molecule has 0 bridgehead atoms. The molecule has 6 nitrogen and oxygen atoms in total. The highest BCUT2D eigenvalue weighted by molar-refractivity contribution is 6.00. The van der Waals surface area contributed by atoms with Crippen molar-refractivity contribution in [1.82, 2.24) is 9.88 Å². The van der Waals surface area contributed by atoms with Crippen LogP contribution in [0.1, 0.15) is 36.2 Å². The fraction of sp³-hybridized carbons (Fsp3) is 0.346. The maximum Gasteiger partial charge on any atom is 0.254 e. The van der Waals surface area contributed by atoms with Crippen molar-refractivity contribution in [2.24, 2.45) is 17.8 Å². The van der Waals surface area contributed by atoms with Gasteiger partial charge in [0.05, 0.1) is 6.04 Å². The first-order valence-electron chi connectivity index (χ1n) is 11.1. The molecule has 1 N–H and O–H groups in total. The number of aliphatic carboxylic acids is 1. The van der Waals surface area contributed by atoms with Gasteiger partial charge in [-0.05, 0) is 29.7 Å². The number of hydrogen-bond donors (Lipinski definition) is 1. The summed E-state index contributed by atoms with van der Waals surface area (Å²) in [4.78, 5) is 43.8. The van der Waals surface area contributed by atoms with Gasteiger partial charge in [-0.3, -0.25) is 9.59 Å². The molecule has 2 heterocycles. The number of carboxylic acid groups (broad SMARTS) is 1. The minimum absolute atomic E-state index is 0.200. The van der Waals surface area contributed by atoms with Crippen LogP contribution in [-0.4, -0.2) is 40.1 Å². The average molecular weight is 432 g/mol. The molecule has 166 valence electrons. The number of fused-ring (bicyclic) bond motifs is 1. The van der Waals surface area contributed by atoms with Crippen LogP contribution >= 0.6 is 0 Å². The van der Waals surface area contributed by atoms with Crippen LogP contribution in [0, 0.1) is 17.8 Å². The highest BCUT2D eigenvalue weighted by atomic mass is 16.4.